The van der Waals surface area contributed by atoms with Crippen LogP contribution in [0.25, 0.3) is 0 Å². The molecule has 1 heterocycles. The fraction of sp³-hybridized carbons (Fsp3) is 1.00. The van der Waals surface area contributed by atoms with E-state index in [1.165, 1.54) is 32.1 Å². The van der Waals surface area contributed by atoms with E-state index in [2.05, 4.69) is 35.3 Å². The number of thioether (sulfide) groups is 1. The van der Waals surface area contributed by atoms with Crippen LogP contribution < -0.4 is 5.32 Å². The smallest absolute Gasteiger partial charge is 0.0826 e. The van der Waals surface area contributed by atoms with Crippen LogP contribution in [-0.4, -0.2) is 61.8 Å². The maximum Gasteiger partial charge on any atom is 0.0826 e. The Hall–Kier alpha value is 0.230. The largest absolute Gasteiger partial charge is 0.374 e. The number of nitrogens with one attached hydrogen (secondary N) is 1. The molecule has 2 rings (SSSR count). The van der Waals surface area contributed by atoms with Crippen molar-refractivity contribution >= 4 is 11.8 Å². The quantitative estimate of drug-likeness (QED) is 0.827. The molecule has 1 unspecified atom stereocenters. The molecule has 0 bridgehead atoms. The van der Waals surface area contributed by atoms with Gasteiger partial charge in [0, 0.05) is 30.9 Å². The van der Waals surface area contributed by atoms with Gasteiger partial charge in [-0.1, -0.05) is 19.3 Å². The van der Waals surface area contributed by atoms with Gasteiger partial charge in [-0.15, -0.1) is 0 Å². The van der Waals surface area contributed by atoms with Crippen LogP contribution in [0.15, 0.2) is 0 Å². The van der Waals surface area contributed by atoms with Crippen molar-refractivity contribution in [3.8, 4) is 0 Å². The molecule has 4 heteroatoms. The number of hydrogen-bond donors (Lipinski definition) is 1. The summed E-state index contributed by atoms with van der Waals surface area (Å²) in [4.78, 5) is 2.36. The lowest BCUT2D eigenvalue weighted by Gasteiger charge is -2.37. The second kappa shape index (κ2) is 7.13. The van der Waals surface area contributed by atoms with Crippen LogP contribution in [0.3, 0.4) is 0 Å². The normalized spacial score (nSPS) is 29.3. The van der Waals surface area contributed by atoms with E-state index in [4.69, 9.17) is 4.74 Å². The third kappa shape index (κ3) is 4.12. The maximum absolute atomic E-state index is 5.79. The highest BCUT2D eigenvalue weighted by atomic mass is 32.2. The molecule has 0 aromatic rings. The van der Waals surface area contributed by atoms with Gasteiger partial charge in [0.1, 0.15) is 0 Å². The minimum absolute atomic E-state index is 0.381. The summed E-state index contributed by atoms with van der Waals surface area (Å²) in [6.45, 7) is 5.19. The number of morpholine rings is 1. The maximum atomic E-state index is 5.79. The fourth-order valence-electron chi connectivity index (χ4n) is 3.10. The van der Waals surface area contributed by atoms with Gasteiger partial charge in [-0.3, -0.25) is 0 Å². The zero-order valence-corrected chi connectivity index (χ0v) is 12.7. The van der Waals surface area contributed by atoms with Crippen molar-refractivity contribution in [1.82, 2.24) is 10.2 Å². The van der Waals surface area contributed by atoms with Crippen LogP contribution in [0, 0.1) is 0 Å². The Morgan fingerprint density at radius 3 is 2.78 bits per heavy atom. The standard InChI is InChI=1S/C14H28N2OS/c1-16-8-9-17-13(11-16)10-15-12-14(18-2)6-4-3-5-7-14/h13,15H,3-12H2,1-2H3. The Kier molecular flexibility index (Phi) is 5.80. The van der Waals surface area contributed by atoms with Crippen LogP contribution in [0.4, 0.5) is 0 Å². The molecule has 1 saturated carbocycles. The van der Waals surface area contributed by atoms with Gasteiger partial charge in [-0.05, 0) is 26.1 Å². The number of likely N-dealkylation sites (N-methyl/N-ethyl adjacent to an activating group) is 1. The van der Waals surface area contributed by atoms with Crippen molar-refractivity contribution in [3.05, 3.63) is 0 Å². The van der Waals surface area contributed by atoms with Crippen LogP contribution in [0.1, 0.15) is 32.1 Å². The molecular formula is C14H28N2OS. The van der Waals surface area contributed by atoms with Gasteiger partial charge in [0.2, 0.25) is 0 Å². The first-order chi connectivity index (χ1) is 8.74. The van der Waals surface area contributed by atoms with Gasteiger partial charge in [0.15, 0.2) is 0 Å². The van der Waals surface area contributed by atoms with E-state index in [1.54, 1.807) is 0 Å². The lowest BCUT2D eigenvalue weighted by atomic mass is 9.88. The molecule has 1 atom stereocenters. The fourth-order valence-corrected chi connectivity index (χ4v) is 4.04. The molecule has 1 N–H and O–H groups in total. The Labute approximate surface area is 116 Å². The van der Waals surface area contributed by atoms with E-state index in [9.17, 15) is 0 Å². The summed E-state index contributed by atoms with van der Waals surface area (Å²) < 4.78 is 6.29. The summed E-state index contributed by atoms with van der Waals surface area (Å²) in [6.07, 6.45) is 9.66. The highest BCUT2D eigenvalue weighted by Crippen LogP contribution is 2.37. The van der Waals surface area contributed by atoms with E-state index >= 15 is 0 Å². The van der Waals surface area contributed by atoms with Gasteiger partial charge in [0.05, 0.1) is 12.7 Å². The SMILES string of the molecule is CSC1(CNCC2CN(C)CCO2)CCCCC1. The predicted octanol–water partition coefficient (Wildman–Crippen LogP) is 1.97. The summed E-state index contributed by atoms with van der Waals surface area (Å²) >= 11 is 2.07. The molecule has 1 aliphatic heterocycles. The highest BCUT2D eigenvalue weighted by molar-refractivity contribution is 8.00. The zero-order valence-electron chi connectivity index (χ0n) is 11.9. The molecule has 0 aromatic heterocycles. The number of hydrogen-bond acceptors (Lipinski definition) is 4. The molecule has 18 heavy (non-hydrogen) atoms. The monoisotopic (exact) mass is 272 g/mol. The summed E-state index contributed by atoms with van der Waals surface area (Å²) in [5.41, 5.74) is 0. The zero-order chi connectivity index (χ0) is 12.8. The second-order valence-corrected chi connectivity index (χ2v) is 7.11. The number of nitrogens with zero attached hydrogens (tertiary/aromatic N) is 1. The van der Waals surface area contributed by atoms with Crippen LogP contribution >= 0.6 is 11.8 Å². The second-order valence-electron chi connectivity index (χ2n) is 5.83. The van der Waals surface area contributed by atoms with E-state index in [0.29, 0.717) is 10.9 Å². The van der Waals surface area contributed by atoms with Crippen molar-refractivity contribution in [2.75, 3.05) is 46.1 Å². The van der Waals surface area contributed by atoms with Crippen LogP contribution in [0.5, 0.6) is 0 Å². The minimum atomic E-state index is 0.381. The molecule has 2 fully saturated rings. The molecule has 3 nitrogen and oxygen atoms in total. The highest BCUT2D eigenvalue weighted by Gasteiger charge is 2.31. The van der Waals surface area contributed by atoms with Crippen molar-refractivity contribution in [2.24, 2.45) is 0 Å². The predicted molar refractivity (Wildman–Crippen MR) is 79.4 cm³/mol. The average Bonchev–Trinajstić information content (AvgIpc) is 2.40. The summed E-state index contributed by atoms with van der Waals surface area (Å²) in [5.74, 6) is 0. The van der Waals surface area contributed by atoms with Crippen molar-refractivity contribution in [2.45, 2.75) is 43.0 Å². The lowest BCUT2D eigenvalue weighted by Crippen LogP contribution is -2.47. The molecule has 0 spiro atoms. The number of ether oxygens (including phenoxy) is 1. The minimum Gasteiger partial charge on any atom is -0.374 e. The molecule has 106 valence electrons. The molecule has 1 saturated heterocycles. The van der Waals surface area contributed by atoms with Gasteiger partial charge in [0.25, 0.3) is 0 Å². The Bertz CT molecular complexity index is 244. The molecule has 0 radical (unpaired) electrons. The van der Waals surface area contributed by atoms with Gasteiger partial charge in [-0.25, -0.2) is 0 Å². The first kappa shape index (κ1) is 14.6. The first-order valence-electron chi connectivity index (χ1n) is 7.30. The van der Waals surface area contributed by atoms with E-state index < -0.39 is 0 Å². The molecule has 2 aliphatic rings. The Morgan fingerprint density at radius 2 is 2.11 bits per heavy atom. The number of rotatable bonds is 5. The van der Waals surface area contributed by atoms with E-state index in [1.807, 2.05) is 0 Å². The van der Waals surface area contributed by atoms with Crippen LogP contribution in [-0.2, 0) is 4.74 Å². The topological polar surface area (TPSA) is 24.5 Å². The third-order valence-corrected chi connectivity index (χ3v) is 5.78. The van der Waals surface area contributed by atoms with E-state index in [-0.39, 0.29) is 0 Å². The van der Waals surface area contributed by atoms with Crippen molar-refractivity contribution in [3.63, 3.8) is 0 Å². The van der Waals surface area contributed by atoms with Crippen molar-refractivity contribution < 1.29 is 4.74 Å². The van der Waals surface area contributed by atoms with Crippen LogP contribution in [0.2, 0.25) is 0 Å². The van der Waals surface area contributed by atoms with Gasteiger partial charge < -0.3 is 15.0 Å². The molecule has 0 amide bonds. The summed E-state index contributed by atoms with van der Waals surface area (Å²) in [7, 11) is 2.18. The molecular weight excluding hydrogens is 244 g/mol. The summed E-state index contributed by atoms with van der Waals surface area (Å²) in [5, 5.41) is 3.66. The molecule has 0 aromatic carbocycles. The Morgan fingerprint density at radius 1 is 1.33 bits per heavy atom. The molecule has 1 aliphatic carbocycles. The van der Waals surface area contributed by atoms with Crippen molar-refractivity contribution in [1.29, 1.82) is 0 Å². The third-order valence-electron chi connectivity index (χ3n) is 4.36. The van der Waals surface area contributed by atoms with Gasteiger partial charge in [-0.2, -0.15) is 11.8 Å². The average molecular weight is 272 g/mol. The summed E-state index contributed by atoms with van der Waals surface area (Å²) in [6, 6.07) is 0. The first-order valence-corrected chi connectivity index (χ1v) is 8.53. The van der Waals surface area contributed by atoms with E-state index in [0.717, 1.165) is 32.8 Å². The lowest BCUT2D eigenvalue weighted by molar-refractivity contribution is -0.0183. The van der Waals surface area contributed by atoms with Gasteiger partial charge >= 0.3 is 0 Å². The Balaban J connectivity index is 1.69.